The van der Waals surface area contributed by atoms with Crippen LogP contribution in [0.15, 0.2) is 47.5 Å². The van der Waals surface area contributed by atoms with E-state index in [4.69, 9.17) is 9.47 Å². The predicted octanol–water partition coefficient (Wildman–Crippen LogP) is 3.81. The van der Waals surface area contributed by atoms with E-state index < -0.39 is 6.10 Å². The number of hydrogen-bond donors (Lipinski definition) is 3. The lowest BCUT2D eigenvalue weighted by Gasteiger charge is -2.21. The molecule has 0 saturated heterocycles. The molecule has 8 heteroatoms. The van der Waals surface area contributed by atoms with Crippen molar-refractivity contribution < 1.29 is 19.0 Å². The van der Waals surface area contributed by atoms with Gasteiger partial charge in [-0.25, -0.2) is 4.39 Å². The number of aliphatic imine (C=N–C) groups is 1. The number of nitrogens with zero attached hydrogens (tertiary/aromatic N) is 1. The predicted molar refractivity (Wildman–Crippen MR) is 124 cm³/mol. The third-order valence-electron chi connectivity index (χ3n) is 4.28. The zero-order valence-corrected chi connectivity index (χ0v) is 19.4. The first kappa shape index (κ1) is 25.0. The van der Waals surface area contributed by atoms with Crippen molar-refractivity contribution in [3.05, 3.63) is 59.4 Å². The number of halogens is 2. The number of hydrogen-bond acceptors (Lipinski definition) is 4. The van der Waals surface area contributed by atoms with Gasteiger partial charge in [0, 0.05) is 12.1 Å². The molecule has 2 atom stereocenters. The Labute approximate surface area is 188 Å². The van der Waals surface area contributed by atoms with E-state index in [9.17, 15) is 9.50 Å². The molecule has 0 radical (unpaired) electrons. The van der Waals surface area contributed by atoms with Crippen molar-refractivity contribution >= 4 is 29.9 Å². The fraction of sp³-hybridized carbons (Fsp3) is 0.381. The van der Waals surface area contributed by atoms with Crippen molar-refractivity contribution in [1.82, 2.24) is 10.6 Å². The molecule has 29 heavy (non-hydrogen) atoms. The Balaban J connectivity index is 0.00000420. The summed E-state index contributed by atoms with van der Waals surface area (Å²) in [7, 11) is 3.24. The van der Waals surface area contributed by atoms with Gasteiger partial charge in [-0.1, -0.05) is 12.1 Å². The zero-order chi connectivity index (χ0) is 20.5. The smallest absolute Gasteiger partial charge is 0.191 e. The number of rotatable bonds is 8. The van der Waals surface area contributed by atoms with E-state index in [1.165, 1.54) is 12.1 Å². The average Bonchev–Trinajstić information content (AvgIpc) is 2.71. The Morgan fingerprint density at radius 1 is 1.14 bits per heavy atom. The molecule has 0 amide bonds. The number of aliphatic hydroxyl groups excluding tert-OH is 1. The van der Waals surface area contributed by atoms with Gasteiger partial charge in [-0.15, -0.1) is 24.0 Å². The quantitative estimate of drug-likeness (QED) is 0.282. The fourth-order valence-corrected chi connectivity index (χ4v) is 2.75. The highest BCUT2D eigenvalue weighted by Crippen LogP contribution is 2.29. The molecule has 0 spiro atoms. The monoisotopic (exact) mass is 517 g/mol. The van der Waals surface area contributed by atoms with E-state index in [0.29, 0.717) is 18.1 Å². The third kappa shape index (κ3) is 7.36. The minimum Gasteiger partial charge on any atom is -0.497 e. The van der Waals surface area contributed by atoms with Gasteiger partial charge >= 0.3 is 0 Å². The maximum Gasteiger partial charge on any atom is 0.191 e. The number of nitrogens with one attached hydrogen (secondary N) is 2. The van der Waals surface area contributed by atoms with Crippen LogP contribution >= 0.6 is 24.0 Å². The highest BCUT2D eigenvalue weighted by molar-refractivity contribution is 14.0. The van der Waals surface area contributed by atoms with Crippen LogP contribution in [0.2, 0.25) is 0 Å². The zero-order valence-electron chi connectivity index (χ0n) is 17.1. The summed E-state index contributed by atoms with van der Waals surface area (Å²) in [4.78, 5) is 4.45. The molecule has 0 aliphatic rings. The van der Waals surface area contributed by atoms with E-state index in [-0.39, 0.29) is 42.4 Å². The van der Waals surface area contributed by atoms with Crippen LogP contribution in [0.5, 0.6) is 11.5 Å². The van der Waals surface area contributed by atoms with Gasteiger partial charge in [-0.05, 0) is 49.7 Å². The van der Waals surface area contributed by atoms with Crippen LogP contribution in [0, 0.1) is 5.82 Å². The summed E-state index contributed by atoms with van der Waals surface area (Å²) < 4.78 is 23.8. The highest BCUT2D eigenvalue weighted by atomic mass is 127. The number of guanidine groups is 1. The largest absolute Gasteiger partial charge is 0.497 e. The number of aliphatic hydroxyl groups is 1. The first-order valence-corrected chi connectivity index (χ1v) is 9.18. The van der Waals surface area contributed by atoms with Gasteiger partial charge in [0.05, 0.1) is 32.9 Å². The van der Waals surface area contributed by atoms with Crippen molar-refractivity contribution in [2.24, 2.45) is 4.99 Å². The third-order valence-corrected chi connectivity index (χ3v) is 4.28. The summed E-state index contributed by atoms with van der Waals surface area (Å²) in [5, 5.41) is 16.8. The lowest BCUT2D eigenvalue weighted by molar-refractivity contribution is 0.187. The van der Waals surface area contributed by atoms with Crippen LogP contribution in [0.1, 0.15) is 37.1 Å². The van der Waals surface area contributed by atoms with Crippen molar-refractivity contribution in [3.8, 4) is 11.5 Å². The second kappa shape index (κ2) is 12.5. The molecule has 2 aromatic rings. The molecule has 0 heterocycles. The minimum atomic E-state index is -0.822. The van der Waals surface area contributed by atoms with Crippen LogP contribution in [0.3, 0.4) is 0 Å². The summed E-state index contributed by atoms with van der Waals surface area (Å²) in [5.74, 6) is 1.69. The van der Waals surface area contributed by atoms with Crippen molar-refractivity contribution in [2.75, 3.05) is 27.3 Å². The molecular weight excluding hydrogens is 488 g/mol. The average molecular weight is 517 g/mol. The molecule has 3 N–H and O–H groups in total. The maximum atomic E-state index is 13.0. The standard InChI is InChI=1S/C21H28FN3O3.HI/c1-5-23-21(24-13-19(26)15-6-8-16(22)9-7-15)25-14(2)18-12-17(27-3)10-11-20(18)28-4;/h6-12,14,19,26H,5,13H2,1-4H3,(H2,23,24,25);1H. The lowest BCUT2D eigenvalue weighted by atomic mass is 10.1. The van der Waals surface area contributed by atoms with E-state index in [1.54, 1.807) is 26.4 Å². The summed E-state index contributed by atoms with van der Waals surface area (Å²) >= 11 is 0. The Bertz CT molecular complexity index is 787. The van der Waals surface area contributed by atoms with Crippen LogP contribution in [0.25, 0.3) is 0 Å². The SMILES string of the molecule is CCNC(=NCC(O)c1ccc(F)cc1)NC(C)c1cc(OC)ccc1OC.I. The molecule has 0 aromatic heterocycles. The van der Waals surface area contributed by atoms with E-state index in [0.717, 1.165) is 17.1 Å². The second-order valence-corrected chi connectivity index (χ2v) is 6.26. The molecule has 0 saturated carbocycles. The van der Waals surface area contributed by atoms with Crippen molar-refractivity contribution in [3.63, 3.8) is 0 Å². The normalized spacial score (nSPS) is 13.1. The fourth-order valence-electron chi connectivity index (χ4n) is 2.75. The molecule has 0 fully saturated rings. The molecular formula is C21H29FIN3O3. The maximum absolute atomic E-state index is 13.0. The van der Waals surface area contributed by atoms with Gasteiger partial charge in [-0.3, -0.25) is 4.99 Å². The summed E-state index contributed by atoms with van der Waals surface area (Å²) in [6.45, 7) is 4.76. The number of benzene rings is 2. The number of ether oxygens (including phenoxy) is 2. The van der Waals surface area contributed by atoms with E-state index in [2.05, 4.69) is 15.6 Å². The molecule has 2 unspecified atom stereocenters. The minimum absolute atomic E-state index is 0. The van der Waals surface area contributed by atoms with Crippen molar-refractivity contribution in [2.45, 2.75) is 26.0 Å². The van der Waals surface area contributed by atoms with Gasteiger partial charge in [0.15, 0.2) is 5.96 Å². The molecule has 2 aromatic carbocycles. The first-order chi connectivity index (χ1) is 13.5. The Hall–Kier alpha value is -2.07. The summed E-state index contributed by atoms with van der Waals surface area (Å²) in [6.07, 6.45) is -0.822. The van der Waals surface area contributed by atoms with Crippen LogP contribution in [-0.4, -0.2) is 38.4 Å². The first-order valence-electron chi connectivity index (χ1n) is 9.18. The van der Waals surface area contributed by atoms with Gasteiger partial charge in [-0.2, -0.15) is 0 Å². The molecule has 6 nitrogen and oxygen atoms in total. The van der Waals surface area contributed by atoms with E-state index >= 15 is 0 Å². The van der Waals surface area contributed by atoms with Gasteiger partial charge in [0.25, 0.3) is 0 Å². The van der Waals surface area contributed by atoms with Crippen molar-refractivity contribution in [1.29, 1.82) is 0 Å². The molecule has 2 rings (SSSR count). The van der Waals surface area contributed by atoms with Gasteiger partial charge < -0.3 is 25.2 Å². The summed E-state index contributed by atoms with van der Waals surface area (Å²) in [5.41, 5.74) is 1.54. The molecule has 160 valence electrons. The second-order valence-electron chi connectivity index (χ2n) is 6.26. The molecule has 0 bridgehead atoms. The molecule has 0 aliphatic carbocycles. The van der Waals surface area contributed by atoms with Crippen LogP contribution < -0.4 is 20.1 Å². The highest BCUT2D eigenvalue weighted by Gasteiger charge is 2.15. The topological polar surface area (TPSA) is 75.1 Å². The number of methoxy groups -OCH3 is 2. The lowest BCUT2D eigenvalue weighted by Crippen LogP contribution is -2.39. The molecule has 0 aliphatic heterocycles. The van der Waals surface area contributed by atoms with Crippen LogP contribution in [0.4, 0.5) is 4.39 Å². The van der Waals surface area contributed by atoms with Gasteiger partial charge in [0.1, 0.15) is 17.3 Å². The summed E-state index contributed by atoms with van der Waals surface area (Å²) in [6, 6.07) is 11.2. The van der Waals surface area contributed by atoms with Crippen LogP contribution in [-0.2, 0) is 0 Å². The Morgan fingerprint density at radius 2 is 1.83 bits per heavy atom. The van der Waals surface area contributed by atoms with Gasteiger partial charge in [0.2, 0.25) is 0 Å². The van der Waals surface area contributed by atoms with E-state index in [1.807, 2.05) is 32.0 Å². The Morgan fingerprint density at radius 3 is 2.41 bits per heavy atom. The Kier molecular flexibility index (Phi) is 10.7.